The molecule has 0 aliphatic carbocycles. The van der Waals surface area contributed by atoms with E-state index in [2.05, 4.69) is 15.6 Å². The molecule has 2 N–H and O–H groups in total. The van der Waals surface area contributed by atoms with Gasteiger partial charge in [-0.05, 0) is 43.2 Å². The molecule has 144 valence electrons. The Kier molecular flexibility index (Phi) is 5.74. The van der Waals surface area contributed by atoms with Crippen LogP contribution in [0, 0.1) is 24.0 Å². The predicted octanol–water partition coefficient (Wildman–Crippen LogP) is 3.46. The number of nitro groups is 1. The number of hydrogen-bond donors (Lipinski definition) is 2. The lowest BCUT2D eigenvalue weighted by Gasteiger charge is -2.07. The zero-order valence-corrected chi connectivity index (χ0v) is 16.1. The topological polar surface area (TPSA) is 114 Å². The summed E-state index contributed by atoms with van der Waals surface area (Å²) in [5.41, 5.74) is 3.18. The number of nitro benzene ring substituents is 1. The summed E-state index contributed by atoms with van der Waals surface area (Å²) in [5, 5.41) is 15.9. The van der Waals surface area contributed by atoms with Crippen LogP contribution in [0.1, 0.15) is 17.5 Å². The Morgan fingerprint density at radius 1 is 1.25 bits per heavy atom. The van der Waals surface area contributed by atoms with Gasteiger partial charge in [0.15, 0.2) is 5.17 Å². The fourth-order valence-electron chi connectivity index (χ4n) is 2.58. The van der Waals surface area contributed by atoms with Crippen LogP contribution < -0.4 is 10.6 Å². The largest absolute Gasteiger partial charge is 0.326 e. The average Bonchev–Trinajstić information content (AvgIpc) is 2.97. The number of carbonyl (C=O) groups excluding carboxylic acids is 2. The number of nitrogens with zero attached hydrogens (tertiary/aromatic N) is 2. The summed E-state index contributed by atoms with van der Waals surface area (Å²) in [4.78, 5) is 39.1. The number of aliphatic imine (C=N–C) groups is 1. The molecule has 0 unspecified atom stereocenters. The molecule has 1 atom stereocenters. The number of nitrogens with one attached hydrogen (secondary N) is 2. The number of thioether (sulfide) groups is 1. The first-order valence-corrected chi connectivity index (χ1v) is 9.37. The molecule has 1 aliphatic heterocycles. The van der Waals surface area contributed by atoms with Crippen molar-refractivity contribution in [3.05, 3.63) is 63.7 Å². The van der Waals surface area contributed by atoms with Gasteiger partial charge in [0.25, 0.3) is 5.69 Å². The van der Waals surface area contributed by atoms with Crippen molar-refractivity contribution < 1.29 is 14.5 Å². The number of amidine groups is 1. The van der Waals surface area contributed by atoms with Gasteiger partial charge in [-0.25, -0.2) is 4.99 Å². The summed E-state index contributed by atoms with van der Waals surface area (Å²) < 4.78 is 0. The van der Waals surface area contributed by atoms with Crippen LogP contribution in [0.4, 0.5) is 17.1 Å². The Bertz CT molecular complexity index is 990. The van der Waals surface area contributed by atoms with Crippen LogP contribution in [0.2, 0.25) is 0 Å². The first kappa shape index (κ1) is 19.6. The van der Waals surface area contributed by atoms with E-state index in [4.69, 9.17) is 0 Å². The minimum atomic E-state index is -0.607. The van der Waals surface area contributed by atoms with Gasteiger partial charge < -0.3 is 10.6 Å². The lowest BCUT2D eigenvalue weighted by molar-refractivity contribution is -0.384. The molecule has 0 aromatic heterocycles. The van der Waals surface area contributed by atoms with Crippen LogP contribution in [-0.2, 0) is 9.59 Å². The highest BCUT2D eigenvalue weighted by atomic mass is 32.2. The van der Waals surface area contributed by atoms with Gasteiger partial charge in [-0.2, -0.15) is 0 Å². The zero-order valence-electron chi connectivity index (χ0n) is 15.3. The van der Waals surface area contributed by atoms with Gasteiger partial charge in [0, 0.05) is 24.2 Å². The van der Waals surface area contributed by atoms with E-state index in [1.807, 2.05) is 32.0 Å². The second-order valence-electron chi connectivity index (χ2n) is 6.34. The Hall–Kier alpha value is -3.20. The van der Waals surface area contributed by atoms with Gasteiger partial charge in [0.2, 0.25) is 11.8 Å². The number of anilines is 1. The molecule has 1 heterocycles. The van der Waals surface area contributed by atoms with Crippen molar-refractivity contribution >= 4 is 45.8 Å². The third-order valence-corrected chi connectivity index (χ3v) is 5.29. The van der Waals surface area contributed by atoms with Crippen molar-refractivity contribution in [2.75, 3.05) is 5.32 Å². The SMILES string of the molecule is Cc1ccc(N=C2NC(=O)[C@@H](CC(=O)Nc3cccc([N+](=O)[O-])c3)S2)cc1C. The maximum Gasteiger partial charge on any atom is 0.271 e. The number of carbonyl (C=O) groups is 2. The summed E-state index contributed by atoms with van der Waals surface area (Å²) in [5.74, 6) is -0.692. The first-order chi connectivity index (χ1) is 13.3. The quantitative estimate of drug-likeness (QED) is 0.591. The maximum absolute atomic E-state index is 12.2. The zero-order chi connectivity index (χ0) is 20.3. The number of amides is 2. The number of benzene rings is 2. The Morgan fingerprint density at radius 3 is 2.75 bits per heavy atom. The van der Waals surface area contributed by atoms with Crippen molar-refractivity contribution in [2.45, 2.75) is 25.5 Å². The van der Waals surface area contributed by atoms with Crippen LogP contribution >= 0.6 is 11.8 Å². The lowest BCUT2D eigenvalue weighted by Crippen LogP contribution is -2.28. The molecule has 3 rings (SSSR count). The van der Waals surface area contributed by atoms with Crippen molar-refractivity contribution in [3.8, 4) is 0 Å². The smallest absolute Gasteiger partial charge is 0.271 e. The van der Waals surface area contributed by atoms with Crippen LogP contribution in [0.25, 0.3) is 0 Å². The lowest BCUT2D eigenvalue weighted by atomic mass is 10.1. The number of hydrogen-bond acceptors (Lipinski definition) is 6. The van der Waals surface area contributed by atoms with Crippen molar-refractivity contribution in [1.29, 1.82) is 0 Å². The van der Waals surface area contributed by atoms with Crippen LogP contribution in [0.5, 0.6) is 0 Å². The van der Waals surface area contributed by atoms with Gasteiger partial charge in [0.05, 0.1) is 10.6 Å². The van der Waals surface area contributed by atoms with Crippen molar-refractivity contribution in [3.63, 3.8) is 0 Å². The van der Waals surface area contributed by atoms with Crippen LogP contribution in [-0.4, -0.2) is 27.2 Å². The fourth-order valence-corrected chi connectivity index (χ4v) is 3.57. The molecule has 1 fully saturated rings. The van der Waals surface area contributed by atoms with Crippen LogP contribution in [0.15, 0.2) is 47.5 Å². The Labute approximate surface area is 165 Å². The molecular formula is C19H18N4O4S. The van der Waals surface area contributed by atoms with E-state index >= 15 is 0 Å². The van der Waals surface area contributed by atoms with E-state index < -0.39 is 16.1 Å². The summed E-state index contributed by atoms with van der Waals surface area (Å²) in [6, 6.07) is 11.4. The molecule has 0 saturated carbocycles. The molecule has 2 amide bonds. The molecule has 2 aromatic rings. The molecule has 0 bridgehead atoms. The third-order valence-electron chi connectivity index (χ3n) is 4.21. The monoisotopic (exact) mass is 398 g/mol. The number of non-ortho nitro benzene ring substituents is 1. The molecule has 28 heavy (non-hydrogen) atoms. The Balaban J connectivity index is 1.63. The minimum Gasteiger partial charge on any atom is -0.326 e. The maximum atomic E-state index is 12.2. The second kappa shape index (κ2) is 8.22. The summed E-state index contributed by atoms with van der Waals surface area (Å²) in [6.07, 6.45) is -0.0643. The molecule has 8 nitrogen and oxygen atoms in total. The van der Waals surface area contributed by atoms with Crippen LogP contribution in [0.3, 0.4) is 0 Å². The first-order valence-electron chi connectivity index (χ1n) is 8.49. The molecule has 2 aromatic carbocycles. The molecule has 9 heteroatoms. The van der Waals surface area contributed by atoms with Gasteiger partial charge >= 0.3 is 0 Å². The highest BCUT2D eigenvalue weighted by Crippen LogP contribution is 2.26. The number of aryl methyl sites for hydroxylation is 2. The Morgan fingerprint density at radius 2 is 2.04 bits per heavy atom. The van der Waals surface area contributed by atoms with E-state index in [-0.39, 0.29) is 18.0 Å². The fraction of sp³-hybridized carbons (Fsp3) is 0.211. The van der Waals surface area contributed by atoms with E-state index in [1.165, 1.54) is 30.0 Å². The summed E-state index contributed by atoms with van der Waals surface area (Å²) in [7, 11) is 0. The number of rotatable bonds is 5. The normalized spacial score (nSPS) is 17.4. The standard InChI is InChI=1S/C19H18N4O4S/c1-11-6-7-14(8-12(11)2)21-19-22-18(25)16(28-19)10-17(24)20-13-4-3-5-15(9-13)23(26)27/h3-9,16H,10H2,1-2H3,(H,20,24)(H,21,22,25)/t16-/m1/s1. The molecule has 0 radical (unpaired) electrons. The van der Waals surface area contributed by atoms with E-state index in [9.17, 15) is 19.7 Å². The molecule has 1 aliphatic rings. The van der Waals surface area contributed by atoms with Crippen molar-refractivity contribution in [1.82, 2.24) is 5.32 Å². The van der Waals surface area contributed by atoms with Crippen molar-refractivity contribution in [2.24, 2.45) is 4.99 Å². The van der Waals surface area contributed by atoms with E-state index in [0.717, 1.165) is 16.8 Å². The average molecular weight is 398 g/mol. The van der Waals surface area contributed by atoms with Gasteiger partial charge in [-0.3, -0.25) is 19.7 Å². The third kappa shape index (κ3) is 4.74. The van der Waals surface area contributed by atoms with Gasteiger partial charge in [-0.15, -0.1) is 0 Å². The predicted molar refractivity (Wildman–Crippen MR) is 109 cm³/mol. The molecular weight excluding hydrogens is 380 g/mol. The van der Waals surface area contributed by atoms with Gasteiger partial charge in [0.1, 0.15) is 5.25 Å². The highest BCUT2D eigenvalue weighted by Gasteiger charge is 2.32. The summed E-state index contributed by atoms with van der Waals surface area (Å²) >= 11 is 1.19. The second-order valence-corrected chi connectivity index (χ2v) is 7.53. The van der Waals surface area contributed by atoms with Gasteiger partial charge in [-0.1, -0.05) is 23.9 Å². The highest BCUT2D eigenvalue weighted by molar-refractivity contribution is 8.15. The summed E-state index contributed by atoms with van der Waals surface area (Å²) in [6.45, 7) is 3.99. The molecule has 1 saturated heterocycles. The minimum absolute atomic E-state index is 0.0643. The van der Waals surface area contributed by atoms with E-state index in [1.54, 1.807) is 6.07 Å². The van der Waals surface area contributed by atoms with E-state index in [0.29, 0.717) is 10.9 Å². The molecule has 0 spiro atoms.